The van der Waals surface area contributed by atoms with Crippen LogP contribution in [-0.4, -0.2) is 6.54 Å². The molecule has 2 N–H and O–H groups in total. The number of benzene rings is 2. The van der Waals surface area contributed by atoms with Gasteiger partial charge in [-0.1, -0.05) is 33.6 Å². The molecule has 0 heterocycles. The summed E-state index contributed by atoms with van der Waals surface area (Å²) in [6.07, 6.45) is 0.726. The van der Waals surface area contributed by atoms with Gasteiger partial charge in [0.2, 0.25) is 0 Å². The number of halogens is 3. The quantitative estimate of drug-likeness (QED) is 0.864. The number of rotatable bonds is 5. The Bertz CT molecular complexity index is 606. The lowest BCUT2D eigenvalue weighted by Gasteiger charge is -2.12. The van der Waals surface area contributed by atoms with E-state index < -0.39 is 5.82 Å². The molecule has 0 saturated heterocycles. The molecular formula is C15H14BrClFNO. The van der Waals surface area contributed by atoms with Crippen molar-refractivity contribution in [2.45, 2.75) is 13.0 Å². The molecule has 2 nitrogen and oxygen atoms in total. The second-order valence-electron chi connectivity index (χ2n) is 4.33. The summed E-state index contributed by atoms with van der Waals surface area (Å²) in [4.78, 5) is 0. The molecule has 2 aromatic rings. The molecule has 0 radical (unpaired) electrons. The normalized spacial score (nSPS) is 10.6. The number of nitrogens with two attached hydrogens (primary N) is 1. The number of hydrogen-bond donors (Lipinski definition) is 1. The maximum atomic E-state index is 13.3. The van der Waals surface area contributed by atoms with Crippen LogP contribution in [0.15, 0.2) is 40.9 Å². The van der Waals surface area contributed by atoms with Gasteiger partial charge in [0, 0.05) is 4.47 Å². The van der Waals surface area contributed by atoms with Gasteiger partial charge in [-0.25, -0.2) is 4.39 Å². The average molecular weight is 359 g/mol. The molecule has 0 spiro atoms. The Morgan fingerprint density at radius 1 is 1.20 bits per heavy atom. The van der Waals surface area contributed by atoms with Gasteiger partial charge in [-0.3, -0.25) is 0 Å². The maximum absolute atomic E-state index is 13.3. The van der Waals surface area contributed by atoms with Gasteiger partial charge in [-0.2, -0.15) is 0 Å². The van der Waals surface area contributed by atoms with Crippen LogP contribution in [-0.2, 0) is 13.0 Å². The first-order valence-electron chi connectivity index (χ1n) is 6.15. The zero-order valence-corrected chi connectivity index (χ0v) is 13.0. The minimum atomic E-state index is -0.439. The molecule has 0 saturated carbocycles. The van der Waals surface area contributed by atoms with Crippen LogP contribution in [0.3, 0.4) is 0 Å². The number of hydrogen-bond acceptors (Lipinski definition) is 2. The van der Waals surface area contributed by atoms with Gasteiger partial charge >= 0.3 is 0 Å². The van der Waals surface area contributed by atoms with Crippen LogP contribution < -0.4 is 10.5 Å². The lowest BCUT2D eigenvalue weighted by atomic mass is 10.1. The Morgan fingerprint density at radius 3 is 2.70 bits per heavy atom. The van der Waals surface area contributed by atoms with E-state index in [1.54, 1.807) is 6.07 Å². The van der Waals surface area contributed by atoms with Crippen LogP contribution in [0, 0.1) is 5.82 Å². The largest absolute Gasteiger partial charge is 0.489 e. The lowest BCUT2D eigenvalue weighted by molar-refractivity contribution is 0.302. The fraction of sp³-hybridized carbons (Fsp3) is 0.200. The first-order valence-corrected chi connectivity index (χ1v) is 7.32. The summed E-state index contributed by atoms with van der Waals surface area (Å²) in [6, 6.07) is 10.4. The summed E-state index contributed by atoms with van der Waals surface area (Å²) in [5.41, 5.74) is 7.34. The van der Waals surface area contributed by atoms with E-state index in [1.807, 2.05) is 18.2 Å². The van der Waals surface area contributed by atoms with Gasteiger partial charge in [0.15, 0.2) is 0 Å². The van der Waals surface area contributed by atoms with Gasteiger partial charge in [0.1, 0.15) is 18.2 Å². The van der Waals surface area contributed by atoms with Crippen LogP contribution in [0.5, 0.6) is 5.75 Å². The molecule has 0 fully saturated rings. The minimum Gasteiger partial charge on any atom is -0.489 e. The van der Waals surface area contributed by atoms with Gasteiger partial charge in [0.05, 0.1) is 5.02 Å². The molecule has 106 valence electrons. The highest BCUT2D eigenvalue weighted by Gasteiger charge is 2.06. The minimum absolute atomic E-state index is 0.112. The fourth-order valence-electron chi connectivity index (χ4n) is 1.83. The van der Waals surface area contributed by atoms with Crippen molar-refractivity contribution in [2.75, 3.05) is 6.54 Å². The van der Waals surface area contributed by atoms with Gasteiger partial charge in [-0.15, -0.1) is 0 Å². The Labute approximate surface area is 130 Å². The second-order valence-corrected chi connectivity index (χ2v) is 5.65. The summed E-state index contributed by atoms with van der Waals surface area (Å²) in [7, 11) is 0. The van der Waals surface area contributed by atoms with E-state index in [-0.39, 0.29) is 11.6 Å². The third-order valence-corrected chi connectivity index (χ3v) is 3.61. The molecule has 20 heavy (non-hydrogen) atoms. The monoisotopic (exact) mass is 357 g/mol. The third-order valence-electron chi connectivity index (χ3n) is 2.81. The molecule has 0 bridgehead atoms. The van der Waals surface area contributed by atoms with Crippen molar-refractivity contribution in [1.82, 2.24) is 0 Å². The Kier molecular flexibility index (Phi) is 5.40. The summed E-state index contributed by atoms with van der Waals surface area (Å²) in [5, 5.41) is 0.112. The second kappa shape index (κ2) is 7.07. The SMILES string of the molecule is NCCc1cc(Br)ccc1OCc1ccc(Cl)c(F)c1. The van der Waals surface area contributed by atoms with Gasteiger partial charge in [0.25, 0.3) is 0 Å². The number of ether oxygens (including phenoxy) is 1. The van der Waals surface area contributed by atoms with Crippen LogP contribution in [0.4, 0.5) is 4.39 Å². The van der Waals surface area contributed by atoms with E-state index in [2.05, 4.69) is 15.9 Å². The summed E-state index contributed by atoms with van der Waals surface area (Å²) >= 11 is 9.07. The Morgan fingerprint density at radius 2 is 2.00 bits per heavy atom. The van der Waals surface area contributed by atoms with E-state index in [4.69, 9.17) is 22.1 Å². The van der Waals surface area contributed by atoms with Crippen molar-refractivity contribution in [3.05, 3.63) is 62.8 Å². The average Bonchev–Trinajstić information content (AvgIpc) is 2.42. The van der Waals surface area contributed by atoms with Crippen LogP contribution in [0.2, 0.25) is 5.02 Å². The van der Waals surface area contributed by atoms with Crippen LogP contribution >= 0.6 is 27.5 Å². The van der Waals surface area contributed by atoms with Crippen molar-refractivity contribution < 1.29 is 9.13 Å². The van der Waals surface area contributed by atoms with Crippen molar-refractivity contribution in [1.29, 1.82) is 0 Å². The first-order chi connectivity index (χ1) is 9.60. The predicted octanol–water partition coefficient (Wildman–Crippen LogP) is 4.32. The molecule has 0 aliphatic heterocycles. The van der Waals surface area contributed by atoms with E-state index in [0.717, 1.165) is 27.8 Å². The van der Waals surface area contributed by atoms with Crippen LogP contribution in [0.25, 0.3) is 0 Å². The predicted molar refractivity (Wildman–Crippen MR) is 82.6 cm³/mol. The molecule has 2 aromatic carbocycles. The highest BCUT2D eigenvalue weighted by atomic mass is 79.9. The van der Waals surface area contributed by atoms with Gasteiger partial charge in [-0.05, 0) is 54.4 Å². The first kappa shape index (κ1) is 15.3. The van der Waals surface area contributed by atoms with Crippen molar-refractivity contribution >= 4 is 27.5 Å². The molecule has 0 atom stereocenters. The summed E-state index contributed by atoms with van der Waals surface area (Å²) < 4.78 is 20.1. The van der Waals surface area contributed by atoms with E-state index in [9.17, 15) is 4.39 Å². The highest BCUT2D eigenvalue weighted by Crippen LogP contribution is 2.25. The van der Waals surface area contributed by atoms with Crippen molar-refractivity contribution in [2.24, 2.45) is 5.73 Å². The zero-order valence-electron chi connectivity index (χ0n) is 10.7. The standard InChI is InChI=1S/C15H14BrClFNO/c16-12-2-4-15(11(8-12)5-6-19)20-9-10-1-3-13(17)14(18)7-10/h1-4,7-8H,5-6,9,19H2. The summed E-state index contributed by atoms with van der Waals surface area (Å²) in [5.74, 6) is 0.319. The molecule has 2 rings (SSSR count). The van der Waals surface area contributed by atoms with E-state index >= 15 is 0 Å². The molecule has 0 aliphatic rings. The summed E-state index contributed by atoms with van der Waals surface area (Å²) in [6.45, 7) is 0.829. The van der Waals surface area contributed by atoms with Crippen molar-refractivity contribution in [3.63, 3.8) is 0 Å². The Hall–Kier alpha value is -1.10. The van der Waals surface area contributed by atoms with E-state index in [1.165, 1.54) is 12.1 Å². The van der Waals surface area contributed by atoms with Crippen molar-refractivity contribution in [3.8, 4) is 5.75 Å². The fourth-order valence-corrected chi connectivity index (χ4v) is 2.36. The molecule has 5 heteroatoms. The van der Waals surface area contributed by atoms with Crippen LogP contribution in [0.1, 0.15) is 11.1 Å². The smallest absolute Gasteiger partial charge is 0.142 e. The van der Waals surface area contributed by atoms with Gasteiger partial charge < -0.3 is 10.5 Å². The highest BCUT2D eigenvalue weighted by molar-refractivity contribution is 9.10. The molecule has 0 unspecified atom stereocenters. The Balaban J connectivity index is 2.11. The zero-order chi connectivity index (χ0) is 14.5. The maximum Gasteiger partial charge on any atom is 0.142 e. The molecular weight excluding hydrogens is 345 g/mol. The molecule has 0 aromatic heterocycles. The third kappa shape index (κ3) is 3.95. The topological polar surface area (TPSA) is 35.2 Å². The molecule has 0 amide bonds. The lowest BCUT2D eigenvalue weighted by Crippen LogP contribution is -2.05. The molecule has 0 aliphatic carbocycles. The van der Waals surface area contributed by atoms with E-state index in [0.29, 0.717) is 6.54 Å².